The van der Waals surface area contributed by atoms with E-state index in [0.717, 1.165) is 44.1 Å². The first-order valence-electron chi connectivity index (χ1n) is 15.3. The molecule has 2 aromatic carbocycles. The van der Waals surface area contributed by atoms with E-state index in [2.05, 4.69) is 30.4 Å². The minimum Gasteiger partial charge on any atom is -0.444 e. The lowest BCUT2D eigenvalue weighted by Gasteiger charge is -2.35. The molecule has 0 spiro atoms. The molecule has 228 valence electrons. The molecule has 3 amide bonds. The van der Waals surface area contributed by atoms with E-state index in [4.69, 9.17) is 11.2 Å². The van der Waals surface area contributed by atoms with Gasteiger partial charge in [0, 0.05) is 25.1 Å². The first-order valence-corrected chi connectivity index (χ1v) is 15.3. The molecule has 0 bridgehead atoms. The molecule has 0 heterocycles. The Morgan fingerprint density at radius 3 is 2.19 bits per heavy atom. The van der Waals surface area contributed by atoms with Gasteiger partial charge < -0.3 is 20.3 Å². The Labute approximate surface area is 252 Å². The molecular weight excluding hydrogens is 526 g/mol. The van der Waals surface area contributed by atoms with Crippen molar-refractivity contribution in [1.82, 2.24) is 15.5 Å². The fourth-order valence-corrected chi connectivity index (χ4v) is 4.78. The van der Waals surface area contributed by atoms with Crippen LogP contribution in [0.15, 0.2) is 54.6 Å². The second-order valence-corrected chi connectivity index (χ2v) is 11.6. The molecule has 0 saturated carbocycles. The van der Waals surface area contributed by atoms with Crippen molar-refractivity contribution in [3.63, 3.8) is 0 Å². The molecule has 2 atom stereocenters. The Morgan fingerprint density at radius 2 is 1.55 bits per heavy atom. The van der Waals surface area contributed by atoms with E-state index in [1.165, 1.54) is 0 Å². The van der Waals surface area contributed by atoms with Gasteiger partial charge in [-0.2, -0.15) is 0 Å². The normalized spacial score (nSPS) is 12.5. The summed E-state index contributed by atoms with van der Waals surface area (Å²) < 4.78 is 5.53. The summed E-state index contributed by atoms with van der Waals surface area (Å²) in [5.41, 5.74) is 1.28. The zero-order chi connectivity index (χ0) is 31.0. The second-order valence-electron chi connectivity index (χ2n) is 11.6. The van der Waals surface area contributed by atoms with Crippen LogP contribution in [0.25, 0.3) is 0 Å². The van der Waals surface area contributed by atoms with Crippen molar-refractivity contribution in [3.05, 3.63) is 71.3 Å². The van der Waals surface area contributed by atoms with Gasteiger partial charge in [0.1, 0.15) is 17.7 Å². The van der Waals surface area contributed by atoms with Crippen LogP contribution in [0.1, 0.15) is 102 Å². The summed E-state index contributed by atoms with van der Waals surface area (Å²) in [6, 6.07) is 14.8. The van der Waals surface area contributed by atoms with Gasteiger partial charge in [0.15, 0.2) is 0 Å². The van der Waals surface area contributed by atoms with Gasteiger partial charge in [0.05, 0.1) is 0 Å². The van der Waals surface area contributed by atoms with Crippen molar-refractivity contribution in [2.75, 3.05) is 13.1 Å². The lowest BCUT2D eigenvalue weighted by atomic mass is 9.96. The molecule has 0 fully saturated rings. The van der Waals surface area contributed by atoms with Gasteiger partial charge >= 0.3 is 6.09 Å². The molecule has 42 heavy (non-hydrogen) atoms. The van der Waals surface area contributed by atoms with Crippen molar-refractivity contribution in [3.8, 4) is 12.3 Å². The third kappa shape index (κ3) is 11.6. The van der Waals surface area contributed by atoms with Crippen LogP contribution in [0.5, 0.6) is 0 Å². The second kappa shape index (κ2) is 17.9. The van der Waals surface area contributed by atoms with Gasteiger partial charge in [0.25, 0.3) is 0 Å². The van der Waals surface area contributed by atoms with Crippen LogP contribution in [-0.2, 0) is 20.7 Å². The van der Waals surface area contributed by atoms with Crippen LogP contribution in [0.4, 0.5) is 4.79 Å². The van der Waals surface area contributed by atoms with E-state index in [1.54, 1.807) is 31.7 Å². The summed E-state index contributed by atoms with van der Waals surface area (Å²) >= 11 is 0. The average Bonchev–Trinajstić information content (AvgIpc) is 2.96. The molecule has 0 saturated heterocycles. The van der Waals surface area contributed by atoms with E-state index < -0.39 is 23.8 Å². The maximum atomic E-state index is 14.5. The van der Waals surface area contributed by atoms with E-state index in [9.17, 15) is 14.4 Å². The highest BCUT2D eigenvalue weighted by atomic mass is 16.6. The standard InChI is InChI=1S/C35H49N3O4/c1-7-10-12-19-25-38(31(32(39)36-24-18-11-8-2)29-23-17-16-22-28(29)9-3)33(40)30(26-27-20-14-13-15-21-27)37-34(41)42-35(4,5)6/h3,13-17,20-23,30-31H,7-8,10-12,18-19,24-26H2,1-2,4-6H3,(H,36,39)(H,37,41). The molecular formula is C35H49N3O4. The summed E-state index contributed by atoms with van der Waals surface area (Å²) in [4.78, 5) is 43.0. The highest BCUT2D eigenvalue weighted by Crippen LogP contribution is 2.27. The average molecular weight is 576 g/mol. The maximum Gasteiger partial charge on any atom is 0.408 e. The number of ether oxygens (including phenoxy) is 1. The third-order valence-corrected chi connectivity index (χ3v) is 6.86. The number of nitrogens with zero attached hydrogens (tertiary/aromatic N) is 1. The summed E-state index contributed by atoms with van der Waals surface area (Å²) in [5.74, 6) is 2.05. The van der Waals surface area contributed by atoms with Gasteiger partial charge in [0.2, 0.25) is 11.8 Å². The lowest BCUT2D eigenvalue weighted by molar-refractivity contribution is -0.142. The van der Waals surface area contributed by atoms with Gasteiger partial charge in [-0.05, 0) is 50.8 Å². The van der Waals surface area contributed by atoms with E-state index in [0.29, 0.717) is 30.6 Å². The van der Waals surface area contributed by atoms with Crippen LogP contribution in [-0.4, -0.2) is 47.5 Å². The van der Waals surface area contributed by atoms with Gasteiger partial charge in [-0.1, -0.05) is 100 Å². The number of benzene rings is 2. The van der Waals surface area contributed by atoms with Crippen LogP contribution < -0.4 is 10.6 Å². The van der Waals surface area contributed by atoms with Gasteiger partial charge in [-0.3, -0.25) is 9.59 Å². The maximum absolute atomic E-state index is 14.5. The smallest absolute Gasteiger partial charge is 0.408 e. The fraction of sp³-hybridized carbons (Fsp3) is 0.514. The van der Waals surface area contributed by atoms with E-state index in [1.807, 2.05) is 48.5 Å². The predicted molar refractivity (Wildman–Crippen MR) is 169 cm³/mol. The Kier molecular flexibility index (Phi) is 14.7. The molecule has 0 aliphatic carbocycles. The number of nitrogens with one attached hydrogen (secondary N) is 2. The molecule has 0 radical (unpaired) electrons. The summed E-state index contributed by atoms with van der Waals surface area (Å²) in [7, 11) is 0. The minimum absolute atomic E-state index is 0.242. The van der Waals surface area contributed by atoms with E-state index in [-0.39, 0.29) is 18.2 Å². The van der Waals surface area contributed by atoms with E-state index >= 15 is 0 Å². The van der Waals surface area contributed by atoms with Crippen molar-refractivity contribution < 1.29 is 19.1 Å². The van der Waals surface area contributed by atoms with Crippen molar-refractivity contribution >= 4 is 17.9 Å². The first kappa shape index (κ1) is 34.4. The number of unbranched alkanes of at least 4 members (excludes halogenated alkanes) is 5. The monoisotopic (exact) mass is 575 g/mol. The number of hydrogen-bond donors (Lipinski definition) is 2. The van der Waals surface area contributed by atoms with Crippen molar-refractivity contribution in [2.45, 2.75) is 104 Å². The number of alkyl carbamates (subject to hydrolysis) is 1. The Morgan fingerprint density at radius 1 is 0.905 bits per heavy atom. The third-order valence-electron chi connectivity index (χ3n) is 6.86. The zero-order valence-electron chi connectivity index (χ0n) is 26.1. The molecule has 2 aromatic rings. The summed E-state index contributed by atoms with van der Waals surface area (Å²) in [5, 5.41) is 5.86. The molecule has 7 nitrogen and oxygen atoms in total. The lowest BCUT2D eigenvalue weighted by Crippen LogP contribution is -2.54. The fourth-order valence-electron chi connectivity index (χ4n) is 4.78. The highest BCUT2D eigenvalue weighted by molar-refractivity contribution is 5.92. The van der Waals surface area contributed by atoms with Crippen molar-refractivity contribution in [1.29, 1.82) is 0 Å². The van der Waals surface area contributed by atoms with Crippen LogP contribution >= 0.6 is 0 Å². The topological polar surface area (TPSA) is 87.7 Å². The predicted octanol–water partition coefficient (Wildman–Crippen LogP) is 6.56. The molecule has 2 unspecified atom stereocenters. The van der Waals surface area contributed by atoms with Crippen LogP contribution in [0, 0.1) is 12.3 Å². The molecule has 7 heteroatoms. The molecule has 2 N–H and O–H groups in total. The molecule has 0 aliphatic heterocycles. The Balaban J connectivity index is 2.56. The Hall–Kier alpha value is -3.79. The highest BCUT2D eigenvalue weighted by Gasteiger charge is 2.37. The molecule has 2 rings (SSSR count). The largest absolute Gasteiger partial charge is 0.444 e. The van der Waals surface area contributed by atoms with Gasteiger partial charge in [-0.25, -0.2) is 4.79 Å². The number of amides is 3. The zero-order valence-corrected chi connectivity index (χ0v) is 26.1. The van der Waals surface area contributed by atoms with Crippen molar-refractivity contribution in [2.24, 2.45) is 0 Å². The summed E-state index contributed by atoms with van der Waals surface area (Å²) in [6.07, 6.45) is 11.9. The number of carbonyl (C=O) groups is 3. The number of carbonyl (C=O) groups excluding carboxylic acids is 3. The molecule has 0 aromatic heterocycles. The Bertz CT molecular complexity index is 1170. The minimum atomic E-state index is -0.957. The quantitative estimate of drug-likeness (QED) is 0.175. The number of rotatable bonds is 16. The number of terminal acetylenes is 1. The van der Waals surface area contributed by atoms with Gasteiger partial charge in [-0.15, -0.1) is 6.42 Å². The number of hydrogen-bond acceptors (Lipinski definition) is 4. The first-order chi connectivity index (χ1) is 20.1. The molecule has 0 aliphatic rings. The summed E-state index contributed by atoms with van der Waals surface area (Å²) in [6.45, 7) is 10.4. The van der Waals surface area contributed by atoms with Crippen LogP contribution in [0.3, 0.4) is 0 Å². The SMILES string of the molecule is C#Cc1ccccc1C(C(=O)NCCCCC)N(CCCCCC)C(=O)C(Cc1ccccc1)NC(=O)OC(C)(C)C. The van der Waals surface area contributed by atoms with Crippen LogP contribution in [0.2, 0.25) is 0 Å².